The fraction of sp³-hybridized carbons (Fsp3) is 0.467. The molecular weight excluding hydrogens is 441 g/mol. The van der Waals surface area contributed by atoms with Crippen LogP contribution >= 0.6 is 46.7 Å². The third kappa shape index (κ3) is 4.57. The number of hydrogen-bond donors (Lipinski definition) is 1. The number of anilines is 1. The van der Waals surface area contributed by atoms with Gasteiger partial charge in [-0.15, -0.1) is 46.7 Å². The van der Waals surface area contributed by atoms with Crippen molar-refractivity contribution in [3.05, 3.63) is 33.6 Å². The predicted molar refractivity (Wildman–Crippen MR) is 111 cm³/mol. The Bertz CT molecular complexity index is 618. The van der Waals surface area contributed by atoms with Gasteiger partial charge in [0.05, 0.1) is 22.8 Å². The molecule has 3 rings (SSSR count). The van der Waals surface area contributed by atoms with Gasteiger partial charge < -0.3 is 15.1 Å². The largest absolute Gasteiger partial charge is 0.360 e. The van der Waals surface area contributed by atoms with Gasteiger partial charge in [0.2, 0.25) is 0 Å². The van der Waals surface area contributed by atoms with Gasteiger partial charge >= 0.3 is 0 Å². The molecule has 0 bridgehead atoms. The summed E-state index contributed by atoms with van der Waals surface area (Å²) in [5, 5.41) is 6.96. The number of guanidine groups is 1. The van der Waals surface area contributed by atoms with Crippen LogP contribution in [-0.4, -0.2) is 49.1 Å². The maximum absolute atomic E-state index is 4.43. The normalized spacial score (nSPS) is 15.5. The summed E-state index contributed by atoms with van der Waals surface area (Å²) in [5.41, 5.74) is 3.00. The maximum atomic E-state index is 4.43. The van der Waals surface area contributed by atoms with Crippen LogP contribution in [0.2, 0.25) is 0 Å². The highest BCUT2D eigenvalue weighted by Gasteiger charge is 2.20. The van der Waals surface area contributed by atoms with Crippen molar-refractivity contribution in [2.75, 3.05) is 38.1 Å². The van der Waals surface area contributed by atoms with Gasteiger partial charge in [0.15, 0.2) is 5.96 Å². The van der Waals surface area contributed by atoms with E-state index in [0.717, 1.165) is 44.4 Å². The van der Waals surface area contributed by atoms with Crippen molar-refractivity contribution < 1.29 is 0 Å². The van der Waals surface area contributed by atoms with Gasteiger partial charge in [0, 0.05) is 38.1 Å². The molecule has 1 aliphatic rings. The summed E-state index contributed by atoms with van der Waals surface area (Å²) in [7, 11) is 1.85. The van der Waals surface area contributed by atoms with Crippen molar-refractivity contribution in [2.24, 2.45) is 4.99 Å². The summed E-state index contributed by atoms with van der Waals surface area (Å²) < 4.78 is 0. The molecule has 2 aromatic heterocycles. The molecule has 3 heterocycles. The van der Waals surface area contributed by atoms with E-state index in [1.165, 1.54) is 9.88 Å². The van der Waals surface area contributed by atoms with Gasteiger partial charge in [-0.3, -0.25) is 4.99 Å². The van der Waals surface area contributed by atoms with Gasteiger partial charge in [0.25, 0.3) is 0 Å². The number of nitrogens with zero attached hydrogens (tertiary/aromatic N) is 4. The average Bonchev–Trinajstić information content (AvgIpc) is 3.21. The highest BCUT2D eigenvalue weighted by molar-refractivity contribution is 14.0. The Morgan fingerprint density at radius 2 is 2.09 bits per heavy atom. The molecule has 1 N–H and O–H groups in total. The number of aliphatic imine (C=N–C) groups is 1. The maximum Gasteiger partial charge on any atom is 0.194 e. The van der Waals surface area contributed by atoms with Crippen molar-refractivity contribution in [2.45, 2.75) is 13.5 Å². The topological polar surface area (TPSA) is 43.8 Å². The molecule has 126 valence electrons. The molecule has 5 nitrogen and oxygen atoms in total. The molecule has 1 fully saturated rings. The lowest BCUT2D eigenvalue weighted by Gasteiger charge is -2.37. The third-order valence-corrected chi connectivity index (χ3v) is 5.72. The van der Waals surface area contributed by atoms with E-state index in [2.05, 4.69) is 49.5 Å². The minimum atomic E-state index is 0. The van der Waals surface area contributed by atoms with Crippen LogP contribution < -0.4 is 10.2 Å². The van der Waals surface area contributed by atoms with Gasteiger partial charge in [0.1, 0.15) is 0 Å². The molecule has 0 spiro atoms. The molecule has 0 unspecified atom stereocenters. The summed E-state index contributed by atoms with van der Waals surface area (Å²) in [6, 6.07) is 4.31. The molecule has 0 radical (unpaired) electrons. The zero-order chi connectivity index (χ0) is 15.4. The summed E-state index contributed by atoms with van der Waals surface area (Å²) in [5.74, 6) is 0.985. The lowest BCUT2D eigenvalue weighted by atomic mass is 10.3. The number of aryl methyl sites for hydroxylation is 1. The molecule has 23 heavy (non-hydrogen) atoms. The van der Waals surface area contributed by atoms with Crippen LogP contribution in [0.4, 0.5) is 5.00 Å². The molecular formula is C15H22IN5S2. The second-order valence-corrected chi connectivity index (χ2v) is 7.05. The van der Waals surface area contributed by atoms with E-state index in [-0.39, 0.29) is 24.0 Å². The van der Waals surface area contributed by atoms with Crippen LogP contribution in [0.1, 0.15) is 10.6 Å². The van der Waals surface area contributed by atoms with Crippen molar-refractivity contribution >= 4 is 57.6 Å². The summed E-state index contributed by atoms with van der Waals surface area (Å²) in [4.78, 5) is 14.8. The SMILES string of the molecule is CN=C(NCc1scnc1C)N1CCN(c2cccs2)CC1.I. The van der Waals surface area contributed by atoms with E-state index in [0.29, 0.717) is 0 Å². The molecule has 0 amide bonds. The van der Waals surface area contributed by atoms with Crippen LogP contribution in [0, 0.1) is 6.92 Å². The number of rotatable bonds is 3. The standard InChI is InChI=1S/C15H21N5S2.HI/c1-12-13(22-11-18-12)10-17-15(16-2)20-7-5-19(6-8-20)14-4-3-9-21-14;/h3-4,9,11H,5-8,10H2,1-2H3,(H,16,17);1H. The Labute approximate surface area is 162 Å². The molecule has 2 aromatic rings. The van der Waals surface area contributed by atoms with Crippen molar-refractivity contribution in [3.8, 4) is 0 Å². The fourth-order valence-corrected chi connectivity index (χ4v) is 4.08. The van der Waals surface area contributed by atoms with Crippen LogP contribution in [0.3, 0.4) is 0 Å². The zero-order valence-electron chi connectivity index (χ0n) is 13.4. The Kier molecular flexibility index (Phi) is 7.09. The van der Waals surface area contributed by atoms with E-state index >= 15 is 0 Å². The molecule has 1 saturated heterocycles. The number of thiazole rings is 1. The number of thiophene rings is 1. The average molecular weight is 463 g/mol. The monoisotopic (exact) mass is 463 g/mol. The first kappa shape index (κ1) is 18.5. The third-order valence-electron chi connectivity index (χ3n) is 3.86. The van der Waals surface area contributed by atoms with Gasteiger partial charge in [-0.25, -0.2) is 4.98 Å². The van der Waals surface area contributed by atoms with Crippen molar-refractivity contribution in [1.29, 1.82) is 0 Å². The Balaban J connectivity index is 0.00000192. The van der Waals surface area contributed by atoms with E-state index in [4.69, 9.17) is 0 Å². The second-order valence-electron chi connectivity index (χ2n) is 5.19. The number of aromatic nitrogens is 1. The highest BCUT2D eigenvalue weighted by Crippen LogP contribution is 2.22. The number of nitrogens with one attached hydrogen (secondary N) is 1. The lowest BCUT2D eigenvalue weighted by molar-refractivity contribution is 0.373. The van der Waals surface area contributed by atoms with Crippen LogP contribution in [-0.2, 0) is 6.54 Å². The van der Waals surface area contributed by atoms with Crippen molar-refractivity contribution in [3.63, 3.8) is 0 Å². The Morgan fingerprint density at radius 3 is 2.65 bits per heavy atom. The Morgan fingerprint density at radius 1 is 1.30 bits per heavy atom. The first-order valence-electron chi connectivity index (χ1n) is 7.41. The zero-order valence-corrected chi connectivity index (χ0v) is 17.3. The number of piperazine rings is 1. The highest BCUT2D eigenvalue weighted by atomic mass is 127. The van der Waals surface area contributed by atoms with Crippen LogP contribution in [0.15, 0.2) is 28.0 Å². The smallest absolute Gasteiger partial charge is 0.194 e. The van der Waals surface area contributed by atoms with Gasteiger partial charge in [-0.05, 0) is 24.4 Å². The van der Waals surface area contributed by atoms with E-state index in [9.17, 15) is 0 Å². The van der Waals surface area contributed by atoms with E-state index < -0.39 is 0 Å². The molecule has 0 atom stereocenters. The second kappa shape index (κ2) is 8.84. The minimum absolute atomic E-state index is 0. The molecule has 0 aliphatic carbocycles. The lowest BCUT2D eigenvalue weighted by Crippen LogP contribution is -2.52. The first-order valence-corrected chi connectivity index (χ1v) is 9.17. The quantitative estimate of drug-likeness (QED) is 0.432. The number of halogens is 1. The molecule has 1 aliphatic heterocycles. The van der Waals surface area contributed by atoms with Crippen LogP contribution in [0.25, 0.3) is 0 Å². The summed E-state index contributed by atoms with van der Waals surface area (Å²) in [6.45, 7) is 6.93. The summed E-state index contributed by atoms with van der Waals surface area (Å²) >= 11 is 3.50. The van der Waals surface area contributed by atoms with E-state index in [1.807, 2.05) is 23.9 Å². The van der Waals surface area contributed by atoms with Gasteiger partial charge in [-0.1, -0.05) is 0 Å². The molecule has 0 aromatic carbocycles. The fourth-order valence-electron chi connectivity index (χ4n) is 2.58. The predicted octanol–water partition coefficient (Wildman–Crippen LogP) is 3.03. The number of hydrogen-bond acceptors (Lipinski definition) is 5. The van der Waals surface area contributed by atoms with Crippen molar-refractivity contribution in [1.82, 2.24) is 15.2 Å². The van der Waals surface area contributed by atoms with Crippen LogP contribution in [0.5, 0.6) is 0 Å². The summed E-state index contributed by atoms with van der Waals surface area (Å²) in [6.07, 6.45) is 0. The molecule has 8 heteroatoms. The first-order chi connectivity index (χ1) is 10.8. The minimum Gasteiger partial charge on any atom is -0.360 e. The van der Waals surface area contributed by atoms with E-state index in [1.54, 1.807) is 11.3 Å². The van der Waals surface area contributed by atoms with Gasteiger partial charge in [-0.2, -0.15) is 0 Å². The Hall–Kier alpha value is -0.870. The molecule has 0 saturated carbocycles.